The zero-order valence-corrected chi connectivity index (χ0v) is 19.7. The smallest absolute Gasteiger partial charge is 0.407 e. The molecule has 1 heterocycles. The van der Waals surface area contributed by atoms with Gasteiger partial charge in [-0.2, -0.15) is 5.10 Å². The lowest BCUT2D eigenvalue weighted by Crippen LogP contribution is -2.34. The number of fused-ring (bicyclic) bond motifs is 3. The Morgan fingerprint density at radius 2 is 1.71 bits per heavy atom. The number of carbonyl (C=O) groups excluding carboxylic acids is 2. The number of ether oxygens (including phenoxy) is 1. The molecule has 182 valence electrons. The van der Waals surface area contributed by atoms with Crippen molar-refractivity contribution in [3.8, 4) is 11.1 Å². The number of aromatic nitrogens is 2. The van der Waals surface area contributed by atoms with Gasteiger partial charge in [-0.1, -0.05) is 48.5 Å². The number of anilines is 1. The topological polar surface area (TPSA) is 123 Å². The normalized spacial score (nSPS) is 13.0. The van der Waals surface area contributed by atoms with Crippen molar-refractivity contribution in [2.24, 2.45) is 7.05 Å². The fraction of sp³-hybridized carbons (Fsp3) is 0.308. The van der Waals surface area contributed by atoms with Crippen LogP contribution in [0.4, 0.5) is 10.6 Å². The van der Waals surface area contributed by atoms with E-state index < -0.39 is 12.1 Å². The summed E-state index contributed by atoms with van der Waals surface area (Å²) in [6.07, 6.45) is 0.869. The van der Waals surface area contributed by atoms with Crippen LogP contribution in [0.1, 0.15) is 53.7 Å². The van der Waals surface area contributed by atoms with Crippen LogP contribution in [0.15, 0.2) is 54.6 Å². The van der Waals surface area contributed by atoms with Crippen LogP contribution in [-0.2, 0) is 16.6 Å². The molecule has 0 aliphatic heterocycles. The fourth-order valence-electron chi connectivity index (χ4n) is 4.38. The van der Waals surface area contributed by atoms with E-state index >= 15 is 0 Å². The summed E-state index contributed by atoms with van der Waals surface area (Å²) in [6.45, 7) is 2.11. The third-order valence-corrected chi connectivity index (χ3v) is 6.12. The van der Waals surface area contributed by atoms with Gasteiger partial charge < -0.3 is 20.5 Å². The second-order valence-electron chi connectivity index (χ2n) is 8.65. The number of hydrogen-bond donors (Lipinski definition) is 3. The Morgan fingerprint density at radius 1 is 1.09 bits per heavy atom. The van der Waals surface area contributed by atoms with Gasteiger partial charge in [0.1, 0.15) is 12.4 Å². The molecule has 0 radical (unpaired) electrons. The highest BCUT2D eigenvalue weighted by molar-refractivity contribution is 5.92. The van der Waals surface area contributed by atoms with Crippen LogP contribution in [0.5, 0.6) is 0 Å². The molecule has 0 fully saturated rings. The van der Waals surface area contributed by atoms with Gasteiger partial charge in [-0.15, -0.1) is 0 Å². The third kappa shape index (κ3) is 5.51. The Labute approximate surface area is 203 Å². The summed E-state index contributed by atoms with van der Waals surface area (Å²) < 4.78 is 6.87. The predicted molar refractivity (Wildman–Crippen MR) is 130 cm³/mol. The van der Waals surface area contributed by atoms with Crippen molar-refractivity contribution in [1.29, 1.82) is 0 Å². The van der Waals surface area contributed by atoms with Crippen LogP contribution >= 0.6 is 0 Å². The Morgan fingerprint density at radius 3 is 2.31 bits per heavy atom. The minimum atomic E-state index is -1.16. The Kier molecular flexibility index (Phi) is 7.14. The monoisotopic (exact) mass is 476 g/mol. The summed E-state index contributed by atoms with van der Waals surface area (Å²) in [7, 11) is 1.56. The van der Waals surface area contributed by atoms with Crippen LogP contribution in [-0.4, -0.2) is 45.5 Å². The lowest BCUT2D eigenvalue weighted by molar-refractivity contribution is -0.116. The van der Waals surface area contributed by atoms with E-state index in [1.165, 1.54) is 21.9 Å². The SMILES string of the molecule is CC(CCCC(=O)Nc1cc(C(=O)O)nn1C)NC(=O)OCC1c2ccccc2-c2ccccc21. The number of nitrogens with one attached hydrogen (secondary N) is 2. The van der Waals surface area contributed by atoms with E-state index in [1.807, 2.05) is 31.2 Å². The first kappa shape index (κ1) is 24.0. The van der Waals surface area contributed by atoms with Gasteiger partial charge in [0, 0.05) is 31.5 Å². The molecule has 9 nitrogen and oxygen atoms in total. The highest BCUT2D eigenvalue weighted by Crippen LogP contribution is 2.44. The van der Waals surface area contributed by atoms with Crippen molar-refractivity contribution in [2.75, 3.05) is 11.9 Å². The van der Waals surface area contributed by atoms with Gasteiger partial charge in [0.25, 0.3) is 0 Å². The molecule has 4 rings (SSSR count). The highest BCUT2D eigenvalue weighted by Gasteiger charge is 2.29. The molecule has 2 aromatic carbocycles. The van der Waals surface area contributed by atoms with Gasteiger partial charge in [-0.3, -0.25) is 9.48 Å². The molecular weight excluding hydrogens is 448 g/mol. The van der Waals surface area contributed by atoms with E-state index in [0.717, 1.165) is 11.1 Å². The van der Waals surface area contributed by atoms with Crippen molar-refractivity contribution in [3.05, 3.63) is 71.4 Å². The van der Waals surface area contributed by atoms with E-state index in [2.05, 4.69) is 40.0 Å². The van der Waals surface area contributed by atoms with Crippen LogP contribution in [0.2, 0.25) is 0 Å². The zero-order valence-electron chi connectivity index (χ0n) is 19.7. The molecule has 2 amide bonds. The number of benzene rings is 2. The molecular formula is C26H28N4O5. The average Bonchev–Trinajstić information content (AvgIpc) is 3.35. The fourth-order valence-corrected chi connectivity index (χ4v) is 4.38. The van der Waals surface area contributed by atoms with Crippen LogP contribution in [0, 0.1) is 0 Å². The van der Waals surface area contributed by atoms with Gasteiger partial charge in [0.05, 0.1) is 0 Å². The van der Waals surface area contributed by atoms with Crippen molar-refractivity contribution >= 4 is 23.8 Å². The minimum absolute atomic E-state index is 0.000739. The van der Waals surface area contributed by atoms with E-state index in [-0.39, 0.29) is 36.6 Å². The Bertz CT molecular complexity index is 1210. The molecule has 0 saturated carbocycles. The van der Waals surface area contributed by atoms with Crippen LogP contribution in [0.25, 0.3) is 11.1 Å². The molecule has 3 aromatic rings. The maximum absolute atomic E-state index is 12.4. The van der Waals surface area contributed by atoms with Crippen molar-refractivity contribution in [2.45, 2.75) is 38.1 Å². The molecule has 0 saturated heterocycles. The van der Waals surface area contributed by atoms with Gasteiger partial charge >= 0.3 is 12.1 Å². The summed E-state index contributed by atoms with van der Waals surface area (Å²) >= 11 is 0. The number of hydrogen-bond acceptors (Lipinski definition) is 5. The van der Waals surface area contributed by atoms with E-state index in [1.54, 1.807) is 7.05 Å². The first-order valence-electron chi connectivity index (χ1n) is 11.5. The van der Waals surface area contributed by atoms with Gasteiger partial charge in [0.2, 0.25) is 5.91 Å². The molecule has 1 unspecified atom stereocenters. The van der Waals surface area contributed by atoms with E-state index in [4.69, 9.17) is 9.84 Å². The second-order valence-corrected chi connectivity index (χ2v) is 8.65. The maximum atomic E-state index is 12.4. The Hall–Kier alpha value is -4.14. The van der Waals surface area contributed by atoms with E-state index in [0.29, 0.717) is 18.7 Å². The van der Waals surface area contributed by atoms with Gasteiger partial charge in [0.15, 0.2) is 5.69 Å². The molecule has 1 aliphatic rings. The molecule has 1 aromatic heterocycles. The van der Waals surface area contributed by atoms with Crippen LogP contribution in [0.3, 0.4) is 0 Å². The minimum Gasteiger partial charge on any atom is -0.476 e. The lowest BCUT2D eigenvalue weighted by atomic mass is 9.98. The maximum Gasteiger partial charge on any atom is 0.407 e. The molecule has 1 aliphatic carbocycles. The summed E-state index contributed by atoms with van der Waals surface area (Å²) in [5.41, 5.74) is 4.53. The largest absolute Gasteiger partial charge is 0.476 e. The molecule has 35 heavy (non-hydrogen) atoms. The van der Waals surface area contributed by atoms with Crippen molar-refractivity contribution in [1.82, 2.24) is 15.1 Å². The lowest BCUT2D eigenvalue weighted by Gasteiger charge is -2.17. The standard InChI is InChI=1S/C26H28N4O5/c1-16(8-7-13-24(31)28-23-14-22(25(32)33)29-30(23)2)27-26(34)35-15-21-19-11-5-3-9-17(19)18-10-4-6-12-20(18)21/h3-6,9-12,14,16,21H,7-8,13,15H2,1-2H3,(H,27,34)(H,28,31)(H,32,33). The molecule has 0 spiro atoms. The number of aryl methyl sites for hydroxylation is 1. The number of carbonyl (C=O) groups is 3. The summed E-state index contributed by atoms with van der Waals surface area (Å²) in [4.78, 5) is 35.6. The summed E-state index contributed by atoms with van der Waals surface area (Å²) in [5.74, 6) is -1.09. The number of amides is 2. The molecule has 0 bridgehead atoms. The number of nitrogens with zero attached hydrogens (tertiary/aromatic N) is 2. The number of alkyl carbamates (subject to hydrolysis) is 1. The first-order valence-corrected chi connectivity index (χ1v) is 11.5. The van der Waals surface area contributed by atoms with E-state index in [9.17, 15) is 14.4 Å². The number of carboxylic acid groups (broad SMARTS) is 1. The predicted octanol–water partition coefficient (Wildman–Crippen LogP) is 4.15. The summed E-state index contributed by atoms with van der Waals surface area (Å²) in [6, 6.07) is 17.5. The highest BCUT2D eigenvalue weighted by atomic mass is 16.5. The first-order chi connectivity index (χ1) is 16.8. The second kappa shape index (κ2) is 10.4. The Balaban J connectivity index is 1.21. The molecule has 3 N–H and O–H groups in total. The number of carboxylic acids is 1. The van der Waals surface area contributed by atoms with Crippen molar-refractivity contribution in [3.63, 3.8) is 0 Å². The molecule has 1 atom stereocenters. The zero-order chi connectivity index (χ0) is 24.9. The number of aromatic carboxylic acids is 1. The van der Waals surface area contributed by atoms with Gasteiger partial charge in [-0.05, 0) is 42.0 Å². The third-order valence-electron chi connectivity index (χ3n) is 6.12. The van der Waals surface area contributed by atoms with Crippen molar-refractivity contribution < 1.29 is 24.2 Å². The quantitative estimate of drug-likeness (QED) is 0.426. The average molecular weight is 477 g/mol. The number of rotatable bonds is 9. The van der Waals surface area contributed by atoms with Crippen LogP contribution < -0.4 is 10.6 Å². The summed E-state index contributed by atoms with van der Waals surface area (Å²) in [5, 5.41) is 18.3. The molecule has 9 heteroatoms. The van der Waals surface area contributed by atoms with Gasteiger partial charge in [-0.25, -0.2) is 9.59 Å².